The molecule has 1 heterocycles. The minimum absolute atomic E-state index is 0.573. The van der Waals surface area contributed by atoms with Crippen molar-refractivity contribution in [1.29, 1.82) is 0 Å². The summed E-state index contributed by atoms with van der Waals surface area (Å²) >= 11 is 0. The van der Waals surface area contributed by atoms with E-state index in [0.717, 1.165) is 48.5 Å². The van der Waals surface area contributed by atoms with Crippen LogP contribution in [0.15, 0.2) is 84.9 Å². The van der Waals surface area contributed by atoms with E-state index in [9.17, 15) is 0 Å². The predicted molar refractivity (Wildman–Crippen MR) is 136 cm³/mol. The van der Waals surface area contributed by atoms with E-state index in [1.165, 1.54) is 27.5 Å². The zero-order chi connectivity index (χ0) is 22.5. The minimum atomic E-state index is 0.573. The highest BCUT2D eigenvalue weighted by Gasteiger charge is 2.10. The number of fused-ring (bicyclic) bond motifs is 2. The fourth-order valence-electron chi connectivity index (χ4n) is 4.28. The first-order valence-electron chi connectivity index (χ1n) is 11.6. The van der Waals surface area contributed by atoms with Crippen molar-refractivity contribution in [2.24, 2.45) is 0 Å². The van der Waals surface area contributed by atoms with Gasteiger partial charge in [0.2, 0.25) is 0 Å². The second-order valence-corrected chi connectivity index (χ2v) is 8.46. The number of hydrogen-bond donors (Lipinski definition) is 2. The number of ether oxygens (including phenoxy) is 1. The van der Waals surface area contributed by atoms with Crippen molar-refractivity contribution in [1.82, 2.24) is 15.3 Å². The van der Waals surface area contributed by atoms with Crippen LogP contribution in [0.25, 0.3) is 21.8 Å². The molecule has 5 aromatic rings. The van der Waals surface area contributed by atoms with Crippen molar-refractivity contribution >= 4 is 21.8 Å². The highest BCUT2D eigenvalue weighted by molar-refractivity contribution is 5.87. The molecule has 0 aliphatic rings. The summed E-state index contributed by atoms with van der Waals surface area (Å²) in [5, 5.41) is 6.10. The number of nitrogens with one attached hydrogen (secondary N) is 2. The lowest BCUT2D eigenvalue weighted by molar-refractivity contribution is 0.302. The molecule has 4 nitrogen and oxygen atoms in total. The second-order valence-electron chi connectivity index (χ2n) is 8.46. The maximum absolute atomic E-state index is 6.32. The summed E-state index contributed by atoms with van der Waals surface area (Å²) in [6, 6.07) is 29.3. The molecule has 0 aliphatic heterocycles. The first-order chi connectivity index (χ1) is 16.3. The molecule has 4 aromatic carbocycles. The van der Waals surface area contributed by atoms with Crippen molar-refractivity contribution in [3.63, 3.8) is 0 Å². The SMILES string of the molecule is Cc1ccccc1COc1ccc2ccccc2c1CNCCCc1nc2ccccc2[nH]1. The van der Waals surface area contributed by atoms with Crippen LogP contribution in [0, 0.1) is 6.92 Å². The van der Waals surface area contributed by atoms with Crippen LogP contribution in [0.1, 0.15) is 28.9 Å². The van der Waals surface area contributed by atoms with Gasteiger partial charge in [0.05, 0.1) is 11.0 Å². The number of aromatic amines is 1. The van der Waals surface area contributed by atoms with Crippen LogP contribution < -0.4 is 10.1 Å². The van der Waals surface area contributed by atoms with Gasteiger partial charge in [-0.2, -0.15) is 0 Å². The number of para-hydroxylation sites is 2. The number of aryl methyl sites for hydroxylation is 2. The van der Waals surface area contributed by atoms with Gasteiger partial charge in [0.15, 0.2) is 0 Å². The van der Waals surface area contributed by atoms with Crippen molar-refractivity contribution in [2.45, 2.75) is 32.9 Å². The zero-order valence-corrected chi connectivity index (χ0v) is 19.0. The Balaban J connectivity index is 1.25. The molecule has 0 radical (unpaired) electrons. The van der Waals surface area contributed by atoms with Gasteiger partial charge >= 0.3 is 0 Å². The number of nitrogens with zero attached hydrogens (tertiary/aromatic N) is 1. The second kappa shape index (κ2) is 9.88. The van der Waals surface area contributed by atoms with E-state index in [-0.39, 0.29) is 0 Å². The number of aromatic nitrogens is 2. The van der Waals surface area contributed by atoms with Crippen LogP contribution in [0.5, 0.6) is 5.75 Å². The highest BCUT2D eigenvalue weighted by Crippen LogP contribution is 2.29. The first-order valence-corrected chi connectivity index (χ1v) is 11.6. The molecule has 2 N–H and O–H groups in total. The van der Waals surface area contributed by atoms with Gasteiger partial charge in [-0.25, -0.2) is 4.98 Å². The Morgan fingerprint density at radius 3 is 2.61 bits per heavy atom. The van der Waals surface area contributed by atoms with Gasteiger partial charge in [-0.05, 0) is 60.0 Å². The van der Waals surface area contributed by atoms with Gasteiger partial charge in [0, 0.05) is 18.5 Å². The first kappa shape index (κ1) is 21.2. The van der Waals surface area contributed by atoms with Crippen molar-refractivity contribution < 1.29 is 4.74 Å². The quantitative estimate of drug-likeness (QED) is 0.266. The molecule has 0 atom stereocenters. The van der Waals surface area contributed by atoms with Gasteiger partial charge in [-0.15, -0.1) is 0 Å². The average molecular weight is 436 g/mol. The summed E-state index contributed by atoms with van der Waals surface area (Å²) in [5.41, 5.74) is 5.82. The molecule has 5 rings (SSSR count). The monoisotopic (exact) mass is 435 g/mol. The Labute approximate surface area is 194 Å². The average Bonchev–Trinajstić information content (AvgIpc) is 3.27. The van der Waals surface area contributed by atoms with E-state index in [2.05, 4.69) is 88.9 Å². The Bertz CT molecular complexity index is 1340. The number of imidazole rings is 1. The normalized spacial score (nSPS) is 11.3. The summed E-state index contributed by atoms with van der Waals surface area (Å²) in [5.74, 6) is 1.99. The van der Waals surface area contributed by atoms with Crippen molar-refractivity contribution in [3.8, 4) is 5.75 Å². The van der Waals surface area contributed by atoms with Crippen molar-refractivity contribution in [3.05, 3.63) is 107 Å². The fraction of sp³-hybridized carbons (Fsp3) is 0.207. The molecule has 166 valence electrons. The van der Waals surface area contributed by atoms with E-state index < -0.39 is 0 Å². The van der Waals surface area contributed by atoms with E-state index in [4.69, 9.17) is 4.74 Å². The Morgan fingerprint density at radius 2 is 1.70 bits per heavy atom. The maximum atomic E-state index is 6.32. The summed E-state index contributed by atoms with van der Waals surface area (Å²) in [4.78, 5) is 8.10. The van der Waals surface area contributed by atoms with Crippen molar-refractivity contribution in [2.75, 3.05) is 6.54 Å². The molecule has 0 saturated carbocycles. The fourth-order valence-corrected chi connectivity index (χ4v) is 4.28. The van der Waals surface area contributed by atoms with Crippen LogP contribution in [-0.2, 0) is 19.6 Å². The van der Waals surface area contributed by atoms with Gasteiger partial charge in [-0.3, -0.25) is 0 Å². The van der Waals surface area contributed by atoms with E-state index in [1.807, 2.05) is 18.2 Å². The van der Waals surface area contributed by atoms with Gasteiger partial charge < -0.3 is 15.0 Å². The molecule has 0 saturated heterocycles. The van der Waals surface area contributed by atoms with Crippen LogP contribution >= 0.6 is 0 Å². The van der Waals surface area contributed by atoms with Gasteiger partial charge in [0.25, 0.3) is 0 Å². The van der Waals surface area contributed by atoms with Gasteiger partial charge in [-0.1, -0.05) is 66.7 Å². The third-order valence-electron chi connectivity index (χ3n) is 6.15. The standard InChI is InChI=1S/C29H29N3O/c1-21-9-2-3-11-23(21)20-33-28-17-16-22-10-4-5-12-24(22)25(28)19-30-18-8-15-29-31-26-13-6-7-14-27(26)32-29/h2-7,9-14,16-17,30H,8,15,18-20H2,1H3,(H,31,32). The molecule has 1 aromatic heterocycles. The number of rotatable bonds is 9. The number of hydrogen-bond acceptors (Lipinski definition) is 3. The molecule has 0 spiro atoms. The lowest BCUT2D eigenvalue weighted by Gasteiger charge is -2.16. The Kier molecular flexibility index (Phi) is 6.36. The van der Waals surface area contributed by atoms with E-state index >= 15 is 0 Å². The summed E-state index contributed by atoms with van der Waals surface area (Å²) < 4.78 is 6.32. The summed E-state index contributed by atoms with van der Waals surface area (Å²) in [6.07, 6.45) is 1.94. The maximum Gasteiger partial charge on any atom is 0.124 e. The molecule has 33 heavy (non-hydrogen) atoms. The van der Waals surface area contributed by atoms with Crippen LogP contribution in [0.4, 0.5) is 0 Å². The van der Waals surface area contributed by atoms with Crippen LogP contribution in [0.2, 0.25) is 0 Å². The highest BCUT2D eigenvalue weighted by atomic mass is 16.5. The number of benzene rings is 4. The summed E-state index contributed by atoms with van der Waals surface area (Å²) in [7, 11) is 0. The molecule has 0 bridgehead atoms. The van der Waals surface area contributed by atoms with E-state index in [1.54, 1.807) is 0 Å². The van der Waals surface area contributed by atoms with E-state index in [0.29, 0.717) is 6.61 Å². The topological polar surface area (TPSA) is 49.9 Å². The summed E-state index contributed by atoms with van der Waals surface area (Å²) in [6.45, 7) is 4.38. The minimum Gasteiger partial charge on any atom is -0.489 e. The molecule has 0 aliphatic carbocycles. The zero-order valence-electron chi connectivity index (χ0n) is 19.0. The molecule has 4 heteroatoms. The molecular weight excluding hydrogens is 406 g/mol. The molecule has 0 fully saturated rings. The van der Waals surface area contributed by atoms with Crippen LogP contribution in [-0.4, -0.2) is 16.5 Å². The largest absolute Gasteiger partial charge is 0.489 e. The Hall–Kier alpha value is -3.63. The van der Waals surface area contributed by atoms with Crippen LogP contribution in [0.3, 0.4) is 0 Å². The molecular formula is C29H29N3O. The Morgan fingerprint density at radius 1 is 0.879 bits per heavy atom. The lowest BCUT2D eigenvalue weighted by atomic mass is 10.0. The third kappa shape index (κ3) is 4.91. The lowest BCUT2D eigenvalue weighted by Crippen LogP contribution is -2.16. The van der Waals surface area contributed by atoms with Gasteiger partial charge in [0.1, 0.15) is 18.2 Å². The molecule has 0 amide bonds. The third-order valence-corrected chi connectivity index (χ3v) is 6.15. The predicted octanol–water partition coefficient (Wildman–Crippen LogP) is 6.33. The smallest absolute Gasteiger partial charge is 0.124 e. The molecule has 0 unspecified atom stereocenters. The number of H-pyrrole nitrogens is 1.